The highest BCUT2D eigenvalue weighted by Crippen LogP contribution is 2.26. The van der Waals surface area contributed by atoms with Gasteiger partial charge < -0.3 is 0 Å². The lowest BCUT2D eigenvalue weighted by Crippen LogP contribution is -1.91. The Labute approximate surface area is 145 Å². The zero-order chi connectivity index (χ0) is 16.2. The third-order valence-electron chi connectivity index (χ3n) is 3.78. The van der Waals surface area contributed by atoms with Crippen LogP contribution in [-0.4, -0.2) is 10.2 Å². The quantitative estimate of drug-likeness (QED) is 0.569. The molecule has 0 N–H and O–H groups in total. The van der Waals surface area contributed by atoms with Gasteiger partial charge in [0, 0.05) is 16.3 Å². The van der Waals surface area contributed by atoms with Gasteiger partial charge in [-0.25, -0.2) is 0 Å². The maximum atomic E-state index is 6.17. The molecule has 3 rings (SSSR count). The van der Waals surface area contributed by atoms with Crippen LogP contribution in [-0.2, 0) is 5.75 Å². The van der Waals surface area contributed by atoms with Gasteiger partial charge in [-0.3, -0.25) is 0 Å². The van der Waals surface area contributed by atoms with Crippen molar-refractivity contribution in [2.75, 3.05) is 0 Å². The standard InChI is InChI=1S/C19H17ClN2S/c1-13-7-8-15(11-14(13)2)18-9-10-19(22-21-18)23-12-16-5-3-4-6-17(16)20/h3-11H,12H2,1-2H3. The number of nitrogens with zero attached hydrogens (tertiary/aromatic N) is 2. The normalized spacial score (nSPS) is 10.7. The Hall–Kier alpha value is -1.84. The maximum absolute atomic E-state index is 6.17. The number of hydrogen-bond donors (Lipinski definition) is 0. The minimum absolute atomic E-state index is 0.789. The summed E-state index contributed by atoms with van der Waals surface area (Å²) < 4.78 is 0. The highest BCUT2D eigenvalue weighted by molar-refractivity contribution is 7.98. The highest BCUT2D eigenvalue weighted by Gasteiger charge is 2.05. The molecule has 1 heterocycles. The highest BCUT2D eigenvalue weighted by atomic mass is 35.5. The van der Waals surface area contributed by atoms with Crippen molar-refractivity contribution in [3.8, 4) is 11.3 Å². The van der Waals surface area contributed by atoms with E-state index in [1.165, 1.54) is 11.1 Å². The van der Waals surface area contributed by atoms with Gasteiger partial charge in [0.25, 0.3) is 0 Å². The van der Waals surface area contributed by atoms with Crippen molar-refractivity contribution in [3.05, 3.63) is 76.3 Å². The molecule has 0 unspecified atom stereocenters. The van der Waals surface area contributed by atoms with Gasteiger partial charge in [-0.15, -0.1) is 10.2 Å². The number of hydrogen-bond acceptors (Lipinski definition) is 3. The van der Waals surface area contributed by atoms with Gasteiger partial charge in [0.15, 0.2) is 0 Å². The van der Waals surface area contributed by atoms with Crippen LogP contribution in [0.1, 0.15) is 16.7 Å². The molecule has 0 aliphatic carbocycles. The molecule has 3 aromatic rings. The largest absolute Gasteiger partial charge is 0.149 e. The van der Waals surface area contributed by atoms with Gasteiger partial charge in [0.05, 0.1) is 5.69 Å². The third-order valence-corrected chi connectivity index (χ3v) is 5.11. The van der Waals surface area contributed by atoms with Crippen molar-refractivity contribution in [3.63, 3.8) is 0 Å². The van der Waals surface area contributed by atoms with E-state index in [-0.39, 0.29) is 0 Å². The van der Waals surface area contributed by atoms with Crippen LogP contribution in [0.25, 0.3) is 11.3 Å². The summed E-state index contributed by atoms with van der Waals surface area (Å²) >= 11 is 7.81. The van der Waals surface area contributed by atoms with E-state index in [0.717, 1.165) is 32.6 Å². The fourth-order valence-corrected chi connectivity index (χ4v) is 3.32. The molecule has 1 aromatic heterocycles. The predicted molar refractivity (Wildman–Crippen MR) is 98.0 cm³/mol. The van der Waals surface area contributed by atoms with E-state index in [9.17, 15) is 0 Å². The summed E-state index contributed by atoms with van der Waals surface area (Å²) in [6.07, 6.45) is 0. The van der Waals surface area contributed by atoms with Crippen molar-refractivity contribution < 1.29 is 0 Å². The fraction of sp³-hybridized carbons (Fsp3) is 0.158. The Morgan fingerprint density at radius 3 is 2.43 bits per heavy atom. The zero-order valence-electron chi connectivity index (χ0n) is 13.1. The topological polar surface area (TPSA) is 25.8 Å². The second-order valence-electron chi connectivity index (χ2n) is 5.44. The van der Waals surface area contributed by atoms with Gasteiger partial charge in [0.2, 0.25) is 0 Å². The molecule has 2 aromatic carbocycles. The van der Waals surface area contributed by atoms with Crippen LogP contribution >= 0.6 is 23.4 Å². The number of thioether (sulfide) groups is 1. The van der Waals surface area contributed by atoms with E-state index >= 15 is 0 Å². The summed E-state index contributed by atoms with van der Waals surface area (Å²) in [5.74, 6) is 0.789. The summed E-state index contributed by atoms with van der Waals surface area (Å²) in [6, 6.07) is 18.3. The Morgan fingerprint density at radius 2 is 1.74 bits per heavy atom. The van der Waals surface area contributed by atoms with Crippen LogP contribution in [0.2, 0.25) is 5.02 Å². The molecule has 0 amide bonds. The molecule has 0 aliphatic heterocycles. The summed E-state index contributed by atoms with van der Waals surface area (Å²) in [5.41, 5.74) is 5.66. The molecule has 116 valence electrons. The molecular formula is C19H17ClN2S. The average molecular weight is 341 g/mol. The summed E-state index contributed by atoms with van der Waals surface area (Å²) in [7, 11) is 0. The smallest absolute Gasteiger partial charge is 0.119 e. The Bertz CT molecular complexity index is 816. The summed E-state index contributed by atoms with van der Waals surface area (Å²) in [6.45, 7) is 4.22. The Morgan fingerprint density at radius 1 is 0.913 bits per heavy atom. The maximum Gasteiger partial charge on any atom is 0.119 e. The minimum Gasteiger partial charge on any atom is -0.149 e. The average Bonchev–Trinajstić information content (AvgIpc) is 2.57. The SMILES string of the molecule is Cc1ccc(-c2ccc(SCc3ccccc3Cl)nn2)cc1C. The fourth-order valence-electron chi connectivity index (χ4n) is 2.22. The number of benzene rings is 2. The second-order valence-corrected chi connectivity index (χ2v) is 6.84. The van der Waals surface area contributed by atoms with Crippen molar-refractivity contribution in [1.82, 2.24) is 10.2 Å². The lowest BCUT2D eigenvalue weighted by molar-refractivity contribution is 0.935. The van der Waals surface area contributed by atoms with Crippen LogP contribution in [0.4, 0.5) is 0 Å². The number of aryl methyl sites for hydroxylation is 2. The van der Waals surface area contributed by atoms with Crippen LogP contribution in [0.5, 0.6) is 0 Å². The van der Waals surface area contributed by atoms with Gasteiger partial charge in [-0.1, -0.05) is 53.7 Å². The van der Waals surface area contributed by atoms with E-state index in [0.29, 0.717) is 0 Å². The lowest BCUT2D eigenvalue weighted by Gasteiger charge is -2.06. The van der Waals surface area contributed by atoms with Crippen molar-refractivity contribution >= 4 is 23.4 Å². The van der Waals surface area contributed by atoms with Crippen LogP contribution in [0.15, 0.2) is 59.6 Å². The first-order valence-corrected chi connectivity index (χ1v) is 8.77. The van der Waals surface area contributed by atoms with E-state index in [1.807, 2.05) is 36.4 Å². The first-order chi connectivity index (χ1) is 11.1. The predicted octanol–water partition coefficient (Wildman–Crippen LogP) is 5.71. The van der Waals surface area contributed by atoms with Crippen molar-refractivity contribution in [2.24, 2.45) is 0 Å². The molecule has 0 aliphatic rings. The third kappa shape index (κ3) is 3.92. The molecule has 23 heavy (non-hydrogen) atoms. The van der Waals surface area contributed by atoms with Crippen LogP contribution in [0.3, 0.4) is 0 Å². The first kappa shape index (κ1) is 16.0. The summed E-state index contributed by atoms with van der Waals surface area (Å²) in [5, 5.41) is 10.4. The van der Waals surface area contributed by atoms with Crippen molar-refractivity contribution in [1.29, 1.82) is 0 Å². The van der Waals surface area contributed by atoms with Gasteiger partial charge in [-0.05, 0) is 54.8 Å². The van der Waals surface area contributed by atoms with Crippen LogP contribution < -0.4 is 0 Å². The lowest BCUT2D eigenvalue weighted by atomic mass is 10.0. The van der Waals surface area contributed by atoms with Gasteiger partial charge >= 0.3 is 0 Å². The zero-order valence-corrected chi connectivity index (χ0v) is 14.7. The first-order valence-electron chi connectivity index (χ1n) is 7.41. The van der Waals surface area contributed by atoms with E-state index < -0.39 is 0 Å². The molecule has 0 atom stereocenters. The molecule has 0 bridgehead atoms. The Kier molecular flexibility index (Phi) is 4.99. The Balaban J connectivity index is 1.72. The number of rotatable bonds is 4. The second kappa shape index (κ2) is 7.16. The van der Waals surface area contributed by atoms with E-state index in [1.54, 1.807) is 11.8 Å². The monoisotopic (exact) mass is 340 g/mol. The minimum atomic E-state index is 0.789. The number of aromatic nitrogens is 2. The molecule has 0 radical (unpaired) electrons. The molecule has 0 spiro atoms. The molecule has 4 heteroatoms. The van der Waals surface area contributed by atoms with Crippen LogP contribution in [0, 0.1) is 13.8 Å². The van der Waals surface area contributed by atoms with E-state index in [2.05, 4.69) is 42.2 Å². The summed E-state index contributed by atoms with van der Waals surface area (Å²) in [4.78, 5) is 0. The van der Waals surface area contributed by atoms with Crippen molar-refractivity contribution in [2.45, 2.75) is 24.6 Å². The molecule has 0 fully saturated rings. The van der Waals surface area contributed by atoms with Gasteiger partial charge in [0.1, 0.15) is 5.03 Å². The molecular weight excluding hydrogens is 324 g/mol. The molecule has 0 saturated carbocycles. The number of halogens is 1. The molecule has 2 nitrogen and oxygen atoms in total. The molecule has 0 saturated heterocycles. The van der Waals surface area contributed by atoms with Gasteiger partial charge in [-0.2, -0.15) is 0 Å². The van der Waals surface area contributed by atoms with E-state index in [4.69, 9.17) is 11.6 Å².